The summed E-state index contributed by atoms with van der Waals surface area (Å²) in [6.45, 7) is 1.90. The lowest BCUT2D eigenvalue weighted by atomic mass is 10.1. The minimum Gasteiger partial charge on any atom is -0.496 e. The number of methoxy groups -OCH3 is 1. The Morgan fingerprint density at radius 3 is 2.71 bits per heavy atom. The number of carbonyl (C=O) groups excluding carboxylic acids is 1. The van der Waals surface area contributed by atoms with E-state index >= 15 is 0 Å². The van der Waals surface area contributed by atoms with Gasteiger partial charge in [-0.3, -0.25) is 4.79 Å². The highest BCUT2D eigenvalue weighted by Crippen LogP contribution is 2.30. The zero-order valence-corrected chi connectivity index (χ0v) is 10.3. The van der Waals surface area contributed by atoms with Crippen LogP contribution in [-0.4, -0.2) is 18.8 Å². The van der Waals surface area contributed by atoms with Crippen LogP contribution >= 0.6 is 27.5 Å². The molecule has 0 aliphatic carbocycles. The zero-order valence-electron chi connectivity index (χ0n) is 7.93. The van der Waals surface area contributed by atoms with Crippen molar-refractivity contribution in [2.24, 2.45) is 0 Å². The summed E-state index contributed by atoms with van der Waals surface area (Å²) in [5, 5.41) is 0. The van der Waals surface area contributed by atoms with Crippen LogP contribution in [0.5, 0.6) is 5.75 Å². The lowest BCUT2D eigenvalue weighted by Gasteiger charge is -2.08. The maximum atomic E-state index is 11.4. The largest absolute Gasteiger partial charge is 0.496 e. The van der Waals surface area contributed by atoms with E-state index in [9.17, 15) is 4.79 Å². The molecule has 0 amide bonds. The van der Waals surface area contributed by atoms with Crippen LogP contribution in [0.15, 0.2) is 16.6 Å². The average Bonchev–Trinajstić information content (AvgIpc) is 2.19. The molecule has 0 radical (unpaired) electrons. The van der Waals surface area contributed by atoms with Crippen molar-refractivity contribution in [3.63, 3.8) is 0 Å². The van der Waals surface area contributed by atoms with Crippen molar-refractivity contribution < 1.29 is 9.53 Å². The highest BCUT2D eigenvalue weighted by molar-refractivity contribution is 9.10. The topological polar surface area (TPSA) is 26.3 Å². The van der Waals surface area contributed by atoms with Crippen molar-refractivity contribution in [3.8, 4) is 5.75 Å². The van der Waals surface area contributed by atoms with Crippen molar-refractivity contribution in [2.45, 2.75) is 6.92 Å². The van der Waals surface area contributed by atoms with Crippen molar-refractivity contribution in [1.82, 2.24) is 0 Å². The van der Waals surface area contributed by atoms with E-state index in [1.165, 1.54) is 0 Å². The first-order chi connectivity index (χ1) is 6.60. The second-order valence-corrected chi connectivity index (χ2v) is 3.95. The molecular formula is C10H10BrClO2. The number of ketones is 1. The third kappa shape index (κ3) is 2.28. The molecule has 14 heavy (non-hydrogen) atoms. The summed E-state index contributed by atoms with van der Waals surface area (Å²) in [4.78, 5) is 11.4. The lowest BCUT2D eigenvalue weighted by Crippen LogP contribution is -2.03. The molecule has 1 rings (SSSR count). The second-order valence-electron chi connectivity index (χ2n) is 2.89. The minimum atomic E-state index is -0.111. The lowest BCUT2D eigenvalue weighted by molar-refractivity contribution is 0.102. The zero-order chi connectivity index (χ0) is 10.7. The van der Waals surface area contributed by atoms with Gasteiger partial charge in [-0.1, -0.05) is 0 Å². The van der Waals surface area contributed by atoms with Crippen molar-refractivity contribution in [2.75, 3.05) is 13.0 Å². The molecule has 0 bridgehead atoms. The van der Waals surface area contributed by atoms with Gasteiger partial charge in [0.05, 0.1) is 17.5 Å². The molecule has 0 fully saturated rings. The molecule has 76 valence electrons. The van der Waals surface area contributed by atoms with Crippen molar-refractivity contribution in [1.29, 1.82) is 0 Å². The molecule has 0 aromatic heterocycles. The third-order valence-corrected chi connectivity index (χ3v) is 2.89. The van der Waals surface area contributed by atoms with Gasteiger partial charge in [0.1, 0.15) is 5.75 Å². The second kappa shape index (κ2) is 4.80. The van der Waals surface area contributed by atoms with E-state index in [0.29, 0.717) is 15.8 Å². The predicted molar refractivity (Wildman–Crippen MR) is 60.5 cm³/mol. The van der Waals surface area contributed by atoms with Crippen LogP contribution < -0.4 is 4.74 Å². The molecule has 0 atom stereocenters. The molecule has 1 aromatic carbocycles. The number of benzene rings is 1. The molecular weight excluding hydrogens is 267 g/mol. The van der Waals surface area contributed by atoms with Gasteiger partial charge in [-0.25, -0.2) is 0 Å². The standard InChI is InChI=1S/C10H10BrClO2/c1-6-3-7(8(13)5-12)10(11)9(4-6)14-2/h3-4H,5H2,1-2H3. The Bertz CT molecular complexity index is 363. The van der Waals surface area contributed by atoms with Crippen LogP contribution in [-0.2, 0) is 0 Å². The van der Waals surface area contributed by atoms with Gasteiger partial charge in [0, 0.05) is 5.56 Å². The molecule has 0 saturated heterocycles. The van der Waals surface area contributed by atoms with E-state index in [1.807, 2.05) is 13.0 Å². The van der Waals surface area contributed by atoms with E-state index < -0.39 is 0 Å². The monoisotopic (exact) mass is 276 g/mol. The van der Waals surface area contributed by atoms with Crippen molar-refractivity contribution in [3.05, 3.63) is 27.7 Å². The highest BCUT2D eigenvalue weighted by Gasteiger charge is 2.13. The summed E-state index contributed by atoms with van der Waals surface area (Å²) < 4.78 is 5.78. The number of ether oxygens (including phenoxy) is 1. The van der Waals surface area contributed by atoms with Gasteiger partial charge in [0.2, 0.25) is 0 Å². The fourth-order valence-corrected chi connectivity index (χ4v) is 1.91. The SMILES string of the molecule is COc1cc(C)cc(C(=O)CCl)c1Br. The molecule has 0 spiro atoms. The van der Waals surface area contributed by atoms with E-state index in [2.05, 4.69) is 15.9 Å². The third-order valence-electron chi connectivity index (χ3n) is 1.83. The number of hydrogen-bond acceptors (Lipinski definition) is 2. The molecule has 0 aliphatic rings. The quantitative estimate of drug-likeness (QED) is 0.626. The van der Waals surface area contributed by atoms with Gasteiger partial charge < -0.3 is 4.74 Å². The number of Topliss-reactive ketones (excluding diaryl/α,β-unsaturated/α-hetero) is 1. The van der Waals surface area contributed by atoms with E-state index in [4.69, 9.17) is 16.3 Å². The highest BCUT2D eigenvalue weighted by atomic mass is 79.9. The van der Waals surface area contributed by atoms with Crippen LogP contribution in [0.25, 0.3) is 0 Å². The smallest absolute Gasteiger partial charge is 0.178 e. The summed E-state index contributed by atoms with van der Waals surface area (Å²) in [5.74, 6) is 0.518. The number of alkyl halides is 1. The molecule has 2 nitrogen and oxygen atoms in total. The minimum absolute atomic E-state index is 0.0226. The van der Waals surface area contributed by atoms with Gasteiger partial charge in [0.15, 0.2) is 5.78 Å². The molecule has 4 heteroatoms. The Morgan fingerprint density at radius 1 is 1.57 bits per heavy atom. The molecule has 1 aromatic rings. The maximum absolute atomic E-state index is 11.4. The van der Waals surface area contributed by atoms with Crippen LogP contribution in [0.1, 0.15) is 15.9 Å². The molecule has 0 saturated carbocycles. The molecule has 0 heterocycles. The maximum Gasteiger partial charge on any atom is 0.178 e. The Morgan fingerprint density at radius 2 is 2.21 bits per heavy atom. The molecule has 0 aliphatic heterocycles. The first kappa shape index (κ1) is 11.5. The van der Waals surface area contributed by atoms with E-state index in [-0.39, 0.29) is 11.7 Å². The van der Waals surface area contributed by atoms with Gasteiger partial charge in [-0.15, -0.1) is 11.6 Å². The Balaban J connectivity index is 3.29. The molecule has 0 unspecified atom stereocenters. The van der Waals surface area contributed by atoms with E-state index in [0.717, 1.165) is 5.56 Å². The average molecular weight is 278 g/mol. The number of halogens is 2. The Kier molecular flexibility index (Phi) is 3.96. The first-order valence-electron chi connectivity index (χ1n) is 4.03. The Hall–Kier alpha value is -0.540. The normalized spacial score (nSPS) is 10.0. The van der Waals surface area contributed by atoms with Gasteiger partial charge in [-0.05, 0) is 40.5 Å². The van der Waals surface area contributed by atoms with Crippen LogP contribution in [0.3, 0.4) is 0 Å². The van der Waals surface area contributed by atoms with E-state index in [1.54, 1.807) is 13.2 Å². The predicted octanol–water partition coefficient (Wildman–Crippen LogP) is 3.19. The molecule has 0 N–H and O–H groups in total. The number of hydrogen-bond donors (Lipinski definition) is 0. The van der Waals surface area contributed by atoms with Gasteiger partial charge >= 0.3 is 0 Å². The fourth-order valence-electron chi connectivity index (χ4n) is 1.16. The van der Waals surface area contributed by atoms with Crippen LogP contribution in [0, 0.1) is 6.92 Å². The summed E-state index contributed by atoms with van der Waals surface area (Å²) >= 11 is 8.81. The summed E-state index contributed by atoms with van der Waals surface area (Å²) in [6, 6.07) is 3.65. The first-order valence-corrected chi connectivity index (χ1v) is 5.36. The van der Waals surface area contributed by atoms with Gasteiger partial charge in [0.25, 0.3) is 0 Å². The Labute approximate surface area is 96.3 Å². The van der Waals surface area contributed by atoms with Crippen LogP contribution in [0.2, 0.25) is 0 Å². The number of aryl methyl sites for hydroxylation is 1. The fraction of sp³-hybridized carbons (Fsp3) is 0.300. The van der Waals surface area contributed by atoms with Crippen LogP contribution in [0.4, 0.5) is 0 Å². The number of carbonyl (C=O) groups is 1. The summed E-state index contributed by atoms with van der Waals surface area (Å²) in [7, 11) is 1.56. The summed E-state index contributed by atoms with van der Waals surface area (Å²) in [5.41, 5.74) is 1.54. The summed E-state index contributed by atoms with van der Waals surface area (Å²) in [6.07, 6.45) is 0. The van der Waals surface area contributed by atoms with Crippen molar-refractivity contribution >= 4 is 33.3 Å². The number of rotatable bonds is 3. The van der Waals surface area contributed by atoms with Gasteiger partial charge in [-0.2, -0.15) is 0 Å².